The van der Waals surface area contributed by atoms with E-state index in [1.165, 1.54) is 32.2 Å². The lowest BCUT2D eigenvalue weighted by molar-refractivity contribution is -0.143. The van der Waals surface area contributed by atoms with Gasteiger partial charge in [-0.05, 0) is 78.7 Å². The average Bonchev–Trinajstić information content (AvgIpc) is 3.27. The maximum atomic E-state index is 14.6. The van der Waals surface area contributed by atoms with E-state index in [0.717, 1.165) is 10.5 Å². The van der Waals surface area contributed by atoms with E-state index in [0.29, 0.717) is 29.8 Å². The number of nitrogens with one attached hydrogen (secondary N) is 3. The molecule has 19 heteroatoms. The Morgan fingerprint density at radius 1 is 0.985 bits per heavy atom. The number of aliphatic carboxylic acids is 1. The molecular formula is C47H59ClN8O10. The number of ether oxygens (including phenoxy) is 2. The van der Waals surface area contributed by atoms with Crippen molar-refractivity contribution in [2.45, 2.75) is 89.6 Å². The summed E-state index contributed by atoms with van der Waals surface area (Å²) in [5.74, 6) is -5.29. The number of aliphatic hydroxyl groups excluding tert-OH is 1. The Labute approximate surface area is 388 Å². The van der Waals surface area contributed by atoms with Crippen LogP contribution in [-0.2, 0) is 31.0 Å². The summed E-state index contributed by atoms with van der Waals surface area (Å²) in [5.41, 5.74) is 20.5. The molecule has 2 heterocycles. The summed E-state index contributed by atoms with van der Waals surface area (Å²) < 4.78 is 12.0. The van der Waals surface area contributed by atoms with Crippen LogP contribution in [0.3, 0.4) is 0 Å². The molecule has 5 rings (SSSR count). The van der Waals surface area contributed by atoms with Gasteiger partial charge in [-0.2, -0.15) is 0 Å². The second-order valence-corrected chi connectivity index (χ2v) is 17.5. The molecule has 4 aromatic rings. The number of carbonyl (C=O) groups is 5. The average molecular weight is 931 g/mol. The molecule has 0 saturated heterocycles. The smallest absolute Gasteiger partial charge is 0.326 e. The third-order valence-corrected chi connectivity index (χ3v) is 11.4. The third-order valence-electron chi connectivity index (χ3n) is 11.1. The molecule has 0 saturated carbocycles. The normalized spacial score (nSPS) is 17.3. The van der Waals surface area contributed by atoms with Crippen LogP contribution in [0.1, 0.15) is 80.6 Å². The first kappa shape index (κ1) is 50.5. The van der Waals surface area contributed by atoms with Crippen LogP contribution < -0.4 is 42.6 Å². The molecule has 0 unspecified atom stereocenters. The molecule has 66 heavy (non-hydrogen) atoms. The number of aliphatic hydroxyl groups is 1. The first-order chi connectivity index (χ1) is 31.2. The third kappa shape index (κ3) is 11.9. The second-order valence-electron chi connectivity index (χ2n) is 17.1. The fraction of sp³-hybridized carbons (Fsp3) is 0.404. The highest BCUT2D eigenvalue weighted by Gasteiger charge is 2.37. The Hall–Kier alpha value is -6.47. The summed E-state index contributed by atoms with van der Waals surface area (Å²) in [5, 5.41) is 40.0. The lowest BCUT2D eigenvalue weighted by Gasteiger charge is -2.32. The van der Waals surface area contributed by atoms with E-state index in [4.69, 9.17) is 38.3 Å². The van der Waals surface area contributed by atoms with Crippen LogP contribution in [0.5, 0.6) is 17.2 Å². The number of amides is 4. The fourth-order valence-electron chi connectivity index (χ4n) is 7.29. The number of anilines is 1. The van der Waals surface area contributed by atoms with Crippen molar-refractivity contribution in [3.8, 4) is 39.6 Å². The van der Waals surface area contributed by atoms with Crippen LogP contribution in [0.15, 0.2) is 60.7 Å². The van der Waals surface area contributed by atoms with E-state index in [2.05, 4.69) is 41.7 Å². The lowest BCUT2D eigenvalue weighted by Crippen LogP contribution is -2.54. The van der Waals surface area contributed by atoms with Crippen LogP contribution in [0.4, 0.5) is 5.82 Å². The predicted octanol–water partition coefficient (Wildman–Crippen LogP) is 3.42. The Kier molecular flexibility index (Phi) is 16.6. The van der Waals surface area contributed by atoms with Gasteiger partial charge in [0, 0.05) is 36.7 Å². The molecule has 0 radical (unpaired) electrons. The van der Waals surface area contributed by atoms with Crippen LogP contribution >= 0.6 is 11.6 Å². The van der Waals surface area contributed by atoms with E-state index in [9.17, 15) is 39.3 Å². The van der Waals surface area contributed by atoms with Crippen molar-refractivity contribution in [3.63, 3.8) is 0 Å². The summed E-state index contributed by atoms with van der Waals surface area (Å²) in [6.45, 7) is 9.16. The monoisotopic (exact) mass is 930 g/mol. The summed E-state index contributed by atoms with van der Waals surface area (Å²) in [4.78, 5) is 74.6. The van der Waals surface area contributed by atoms with Crippen LogP contribution in [0.2, 0.25) is 5.02 Å². The SMILES string of the molecule is CC[C@H](NC(=O)c1c(Cl)cc(-c2ccc(C(C)(C)C)cc2)nc1N)C(=O)N(C)[C@@H]1C(=O)N[C@@H](C)C(=O)N[C@H](C(=O)O)Cc2ccc(OCCCN)c(c2)-c2cc1cc(OC[C@H](O)CN)c2O. The number of nitrogens with two attached hydrogens (primary N) is 3. The summed E-state index contributed by atoms with van der Waals surface area (Å²) in [6, 6.07) is 11.0. The van der Waals surface area contributed by atoms with E-state index >= 15 is 0 Å². The van der Waals surface area contributed by atoms with Gasteiger partial charge in [-0.3, -0.25) is 19.2 Å². The lowest BCUT2D eigenvalue weighted by atomic mass is 9.86. The Morgan fingerprint density at radius 3 is 2.29 bits per heavy atom. The van der Waals surface area contributed by atoms with Gasteiger partial charge in [0.05, 0.1) is 17.3 Å². The molecule has 354 valence electrons. The number of halogens is 1. The molecule has 12 N–H and O–H groups in total. The van der Waals surface area contributed by atoms with Gasteiger partial charge in [0.2, 0.25) is 17.7 Å². The zero-order valence-electron chi connectivity index (χ0n) is 37.8. The highest BCUT2D eigenvalue weighted by atomic mass is 35.5. The molecular weight excluding hydrogens is 872 g/mol. The standard InChI is InChI=1S/C47H59ClN8O10/c1-7-33(54-43(60)38-32(48)21-34(53-41(38)51)26-10-12-28(13-11-26)47(3,4)5)45(62)56(6)39-27-19-31(40(58)37(20-27)66-23-29(57)22-50)30-17-25(9-14-36(30)65-16-8-15-49)18-35(46(63)64)55-42(59)24(2)52-44(39)61/h9-14,17,19-21,24,29,33,35,39,57-58H,7-8,15-16,18,22-23,49-50H2,1-6H3,(H2,51,53)(H,52,61)(H,54,60)(H,55,59)(H,63,64)/t24-,29+,33-,35-,39-/m0/s1. The zero-order chi connectivity index (χ0) is 48.6. The molecule has 1 aliphatic rings. The van der Waals surface area contributed by atoms with Crippen molar-refractivity contribution in [2.75, 3.05) is 39.1 Å². The molecule has 0 aliphatic carbocycles. The number of likely N-dealkylation sites (N-methyl/N-ethyl adjacent to an activating group) is 1. The first-order valence-corrected chi connectivity index (χ1v) is 21.9. The van der Waals surface area contributed by atoms with Crippen molar-refractivity contribution < 1.29 is 48.8 Å². The Bertz CT molecular complexity index is 2420. The number of pyridine rings is 1. The molecule has 5 atom stereocenters. The summed E-state index contributed by atoms with van der Waals surface area (Å²) in [6.07, 6.45) is -0.881. The topological polar surface area (TPSA) is 295 Å². The zero-order valence-corrected chi connectivity index (χ0v) is 38.6. The maximum Gasteiger partial charge on any atom is 0.326 e. The number of hydrogen-bond acceptors (Lipinski definition) is 13. The minimum Gasteiger partial charge on any atom is -0.504 e. The van der Waals surface area contributed by atoms with Crippen molar-refractivity contribution in [1.29, 1.82) is 0 Å². The van der Waals surface area contributed by atoms with Crippen LogP contribution in [0.25, 0.3) is 22.4 Å². The molecule has 0 fully saturated rings. The first-order valence-electron chi connectivity index (χ1n) is 21.5. The number of nitrogens with zero attached hydrogens (tertiary/aromatic N) is 2. The number of aromatic nitrogens is 1. The maximum absolute atomic E-state index is 14.6. The molecule has 4 bridgehead atoms. The number of carbonyl (C=O) groups excluding carboxylic acids is 4. The van der Waals surface area contributed by atoms with Crippen molar-refractivity contribution in [2.24, 2.45) is 11.5 Å². The highest BCUT2D eigenvalue weighted by molar-refractivity contribution is 6.34. The summed E-state index contributed by atoms with van der Waals surface area (Å²) >= 11 is 6.68. The number of phenols is 1. The Balaban J connectivity index is 1.60. The van der Waals surface area contributed by atoms with Gasteiger partial charge in [-0.1, -0.05) is 69.6 Å². The van der Waals surface area contributed by atoms with E-state index in [1.807, 2.05) is 24.3 Å². The van der Waals surface area contributed by atoms with Crippen molar-refractivity contribution in [1.82, 2.24) is 25.8 Å². The number of rotatable bonds is 15. The minimum atomic E-state index is -1.61. The van der Waals surface area contributed by atoms with Gasteiger partial charge in [0.1, 0.15) is 54.0 Å². The Morgan fingerprint density at radius 2 is 1.68 bits per heavy atom. The number of carboxylic acid groups (broad SMARTS) is 1. The minimum absolute atomic E-state index is 0.0181. The van der Waals surface area contributed by atoms with Gasteiger partial charge in [0.25, 0.3) is 5.91 Å². The molecule has 0 spiro atoms. The number of phenolic OH excluding ortho intramolecular Hbond substituents is 1. The molecule has 18 nitrogen and oxygen atoms in total. The predicted molar refractivity (Wildman–Crippen MR) is 249 cm³/mol. The number of hydrogen-bond donors (Lipinski definition) is 9. The molecule has 1 aromatic heterocycles. The van der Waals surface area contributed by atoms with E-state index in [1.54, 1.807) is 25.1 Å². The highest BCUT2D eigenvalue weighted by Crippen LogP contribution is 2.45. The van der Waals surface area contributed by atoms with Gasteiger partial charge in [-0.25, -0.2) is 9.78 Å². The molecule has 1 aliphatic heterocycles. The van der Waals surface area contributed by atoms with E-state index in [-0.39, 0.29) is 82.6 Å². The van der Waals surface area contributed by atoms with Crippen molar-refractivity contribution >= 4 is 47.0 Å². The number of carboxylic acids is 1. The van der Waals surface area contributed by atoms with Crippen molar-refractivity contribution in [3.05, 3.63) is 87.9 Å². The summed E-state index contributed by atoms with van der Waals surface area (Å²) in [7, 11) is 1.31. The van der Waals surface area contributed by atoms with E-state index < -0.39 is 65.6 Å². The van der Waals surface area contributed by atoms with Crippen LogP contribution in [-0.4, -0.2) is 112 Å². The quantitative estimate of drug-likeness (QED) is 0.0773. The largest absolute Gasteiger partial charge is 0.504 e. The number of nitrogen functional groups attached to an aromatic ring is 1. The van der Waals surface area contributed by atoms with Crippen LogP contribution in [0, 0.1) is 0 Å². The van der Waals surface area contributed by atoms with Gasteiger partial charge >= 0.3 is 5.97 Å². The molecule has 4 amide bonds. The molecule has 3 aromatic carbocycles. The van der Waals surface area contributed by atoms with Gasteiger partial charge in [-0.15, -0.1) is 0 Å². The second kappa shape index (κ2) is 21.7. The number of fused-ring (bicyclic) bond motifs is 5. The fourth-order valence-corrected chi connectivity index (χ4v) is 7.58. The van der Waals surface area contributed by atoms with Gasteiger partial charge in [0.15, 0.2) is 11.5 Å². The number of aromatic hydroxyl groups is 1. The number of benzene rings is 3. The van der Waals surface area contributed by atoms with Gasteiger partial charge < -0.3 is 62.8 Å².